The van der Waals surface area contributed by atoms with Gasteiger partial charge in [-0.15, -0.1) is 0 Å². The van der Waals surface area contributed by atoms with Gasteiger partial charge in [0.1, 0.15) is 5.15 Å². The molecule has 0 atom stereocenters. The first kappa shape index (κ1) is 12.4. The Bertz CT molecular complexity index is 704. The molecule has 1 aromatic heterocycles. The molecule has 1 aliphatic carbocycles. The number of hydrogen-bond acceptors (Lipinski definition) is 4. The fraction of sp³-hybridized carbons (Fsp3) is 0.286. The molecule has 0 N–H and O–H groups in total. The van der Waals surface area contributed by atoms with Crippen LogP contribution in [0.25, 0.3) is 11.4 Å². The predicted molar refractivity (Wildman–Crippen MR) is 78.3 cm³/mol. The Morgan fingerprint density at radius 2 is 2.00 bits per heavy atom. The lowest BCUT2D eigenvalue weighted by atomic mass is 10.1. The van der Waals surface area contributed by atoms with Crippen LogP contribution in [0.15, 0.2) is 22.7 Å². The van der Waals surface area contributed by atoms with Gasteiger partial charge in [0.15, 0.2) is 17.3 Å². The minimum absolute atomic E-state index is 0.237. The van der Waals surface area contributed by atoms with Gasteiger partial charge in [-0.3, -0.25) is 0 Å². The molecule has 6 heteroatoms. The summed E-state index contributed by atoms with van der Waals surface area (Å²) >= 11 is 9.59. The van der Waals surface area contributed by atoms with Crippen molar-refractivity contribution in [3.8, 4) is 22.9 Å². The highest BCUT2D eigenvalue weighted by molar-refractivity contribution is 9.10. The number of fused-ring (bicyclic) bond motifs is 1. The second-order valence-corrected chi connectivity index (χ2v) is 6.15. The van der Waals surface area contributed by atoms with Gasteiger partial charge >= 0.3 is 0 Å². The lowest BCUT2D eigenvalue weighted by Crippen LogP contribution is -1.95. The van der Waals surface area contributed by atoms with Gasteiger partial charge < -0.3 is 9.47 Å². The van der Waals surface area contributed by atoms with E-state index < -0.39 is 0 Å². The summed E-state index contributed by atoms with van der Waals surface area (Å²) < 4.78 is 11.6. The molecule has 2 aliphatic rings. The molecular formula is C14H10BrClN2O2. The van der Waals surface area contributed by atoms with Crippen LogP contribution in [0.3, 0.4) is 0 Å². The summed E-state index contributed by atoms with van der Waals surface area (Å²) in [5.41, 5.74) is 1.89. The minimum Gasteiger partial charge on any atom is -0.454 e. The first-order valence-corrected chi connectivity index (χ1v) is 7.52. The third-order valence-electron chi connectivity index (χ3n) is 3.40. The van der Waals surface area contributed by atoms with E-state index in [-0.39, 0.29) is 6.79 Å². The monoisotopic (exact) mass is 352 g/mol. The van der Waals surface area contributed by atoms with E-state index in [1.807, 2.05) is 18.2 Å². The van der Waals surface area contributed by atoms with Crippen molar-refractivity contribution in [1.82, 2.24) is 9.97 Å². The second kappa shape index (κ2) is 4.60. The lowest BCUT2D eigenvalue weighted by Gasteiger charge is -2.06. The Kier molecular flexibility index (Phi) is 2.86. The first-order chi connectivity index (χ1) is 9.70. The molecule has 0 radical (unpaired) electrons. The molecule has 0 bridgehead atoms. The Morgan fingerprint density at radius 3 is 2.80 bits per heavy atom. The highest BCUT2D eigenvalue weighted by Crippen LogP contribution is 2.43. The quantitative estimate of drug-likeness (QED) is 0.760. The Balaban J connectivity index is 1.82. The van der Waals surface area contributed by atoms with Crippen LogP contribution in [0.2, 0.25) is 5.15 Å². The average Bonchev–Trinajstić information content (AvgIpc) is 3.16. The van der Waals surface area contributed by atoms with E-state index in [1.165, 1.54) is 12.8 Å². The van der Waals surface area contributed by atoms with Crippen molar-refractivity contribution in [1.29, 1.82) is 0 Å². The maximum absolute atomic E-state index is 6.11. The van der Waals surface area contributed by atoms with E-state index in [0.717, 1.165) is 21.5 Å². The van der Waals surface area contributed by atoms with Gasteiger partial charge in [-0.1, -0.05) is 11.6 Å². The molecule has 20 heavy (non-hydrogen) atoms. The van der Waals surface area contributed by atoms with Crippen molar-refractivity contribution in [3.63, 3.8) is 0 Å². The van der Waals surface area contributed by atoms with Crippen molar-refractivity contribution in [2.75, 3.05) is 6.79 Å². The van der Waals surface area contributed by atoms with E-state index in [1.54, 1.807) is 0 Å². The third kappa shape index (κ3) is 2.15. The Morgan fingerprint density at radius 1 is 1.15 bits per heavy atom. The zero-order valence-corrected chi connectivity index (χ0v) is 12.7. The maximum Gasteiger partial charge on any atom is 0.231 e. The van der Waals surface area contributed by atoms with Crippen molar-refractivity contribution in [2.45, 2.75) is 18.8 Å². The molecular weight excluding hydrogens is 344 g/mol. The van der Waals surface area contributed by atoms with Crippen molar-refractivity contribution < 1.29 is 9.47 Å². The molecule has 1 saturated carbocycles. The zero-order chi connectivity index (χ0) is 13.7. The van der Waals surface area contributed by atoms with E-state index >= 15 is 0 Å². The fourth-order valence-electron chi connectivity index (χ4n) is 2.25. The van der Waals surface area contributed by atoms with Gasteiger partial charge in [0, 0.05) is 17.2 Å². The van der Waals surface area contributed by atoms with Crippen LogP contribution >= 0.6 is 27.5 Å². The molecule has 2 heterocycles. The van der Waals surface area contributed by atoms with Crippen LogP contribution in [-0.2, 0) is 0 Å². The SMILES string of the molecule is Clc1cc(C2CC2)nc(-c2cc(Br)c3c(c2)OCO3)n1. The van der Waals surface area contributed by atoms with Crippen LogP contribution in [0, 0.1) is 0 Å². The topological polar surface area (TPSA) is 44.2 Å². The van der Waals surface area contributed by atoms with Gasteiger partial charge in [0.05, 0.1) is 4.47 Å². The first-order valence-electron chi connectivity index (χ1n) is 6.35. The lowest BCUT2D eigenvalue weighted by molar-refractivity contribution is 0.173. The third-order valence-corrected chi connectivity index (χ3v) is 4.18. The van der Waals surface area contributed by atoms with E-state index in [4.69, 9.17) is 21.1 Å². The van der Waals surface area contributed by atoms with Crippen LogP contribution < -0.4 is 9.47 Å². The largest absolute Gasteiger partial charge is 0.454 e. The van der Waals surface area contributed by atoms with Crippen LogP contribution in [0.1, 0.15) is 24.5 Å². The molecule has 0 unspecified atom stereocenters. The van der Waals surface area contributed by atoms with E-state index in [2.05, 4.69) is 25.9 Å². The average molecular weight is 354 g/mol. The minimum atomic E-state index is 0.237. The molecule has 1 aromatic carbocycles. The van der Waals surface area contributed by atoms with Crippen LogP contribution in [0.5, 0.6) is 11.5 Å². The number of aromatic nitrogens is 2. The summed E-state index contributed by atoms with van der Waals surface area (Å²) in [4.78, 5) is 8.94. The number of halogens is 2. The molecule has 0 amide bonds. The van der Waals surface area contributed by atoms with Gasteiger partial charge in [-0.25, -0.2) is 9.97 Å². The van der Waals surface area contributed by atoms with Crippen LogP contribution in [0.4, 0.5) is 0 Å². The fourth-order valence-corrected chi connectivity index (χ4v) is 3.00. The van der Waals surface area contributed by atoms with Crippen molar-refractivity contribution >= 4 is 27.5 Å². The second-order valence-electron chi connectivity index (χ2n) is 4.91. The highest BCUT2D eigenvalue weighted by atomic mass is 79.9. The smallest absolute Gasteiger partial charge is 0.231 e. The number of hydrogen-bond donors (Lipinski definition) is 0. The zero-order valence-electron chi connectivity index (χ0n) is 10.4. The molecule has 0 saturated heterocycles. The van der Waals surface area contributed by atoms with Crippen molar-refractivity contribution in [2.24, 2.45) is 0 Å². The summed E-state index contributed by atoms with van der Waals surface area (Å²) in [6.45, 7) is 0.237. The number of rotatable bonds is 2. The normalized spacial score (nSPS) is 16.5. The summed E-state index contributed by atoms with van der Waals surface area (Å²) in [5, 5.41) is 0.477. The molecule has 4 rings (SSSR count). The number of nitrogens with zero attached hydrogens (tertiary/aromatic N) is 2. The molecule has 4 nitrogen and oxygen atoms in total. The number of benzene rings is 1. The predicted octanol–water partition coefficient (Wildman–Crippen LogP) is 4.17. The van der Waals surface area contributed by atoms with Gasteiger partial charge in [0.2, 0.25) is 6.79 Å². The van der Waals surface area contributed by atoms with E-state index in [0.29, 0.717) is 22.6 Å². The maximum atomic E-state index is 6.11. The van der Waals surface area contributed by atoms with Gasteiger partial charge in [0.25, 0.3) is 0 Å². The molecule has 1 fully saturated rings. The van der Waals surface area contributed by atoms with Gasteiger partial charge in [-0.2, -0.15) is 0 Å². The molecule has 102 valence electrons. The summed E-state index contributed by atoms with van der Waals surface area (Å²) in [5.74, 6) is 2.58. The van der Waals surface area contributed by atoms with Crippen molar-refractivity contribution in [3.05, 3.63) is 33.5 Å². The van der Waals surface area contributed by atoms with Crippen LogP contribution in [-0.4, -0.2) is 16.8 Å². The summed E-state index contributed by atoms with van der Waals surface area (Å²) in [6, 6.07) is 5.66. The summed E-state index contributed by atoms with van der Waals surface area (Å²) in [6.07, 6.45) is 2.36. The number of ether oxygens (including phenoxy) is 2. The Labute approximate surface area is 129 Å². The summed E-state index contributed by atoms with van der Waals surface area (Å²) in [7, 11) is 0. The highest BCUT2D eigenvalue weighted by Gasteiger charge is 2.26. The Hall–Kier alpha value is -1.33. The van der Waals surface area contributed by atoms with Gasteiger partial charge in [-0.05, 0) is 47.0 Å². The van der Waals surface area contributed by atoms with E-state index in [9.17, 15) is 0 Å². The molecule has 1 aliphatic heterocycles. The molecule has 2 aromatic rings. The standard InChI is InChI=1S/C14H10BrClN2O2/c15-9-3-8(4-11-13(9)20-6-19-11)14-17-10(7-1-2-7)5-12(16)18-14/h3-5,7H,1-2,6H2. The molecule has 0 spiro atoms.